The third-order valence-corrected chi connectivity index (χ3v) is 7.17. The molecule has 0 N–H and O–H groups in total. The van der Waals surface area contributed by atoms with Gasteiger partial charge in [-0.1, -0.05) is 35.9 Å². The molecule has 0 saturated carbocycles. The predicted molar refractivity (Wildman–Crippen MR) is 128 cm³/mol. The Labute approximate surface area is 191 Å². The van der Waals surface area contributed by atoms with Crippen LogP contribution in [0.1, 0.15) is 36.9 Å². The number of carbonyl (C=O) groups is 1. The largest absolute Gasteiger partial charge is 0.454 e. The third-order valence-electron chi connectivity index (χ3n) is 5.43. The van der Waals surface area contributed by atoms with Crippen LogP contribution in [0.15, 0.2) is 76.0 Å². The van der Waals surface area contributed by atoms with E-state index in [0.717, 1.165) is 16.3 Å². The van der Waals surface area contributed by atoms with Gasteiger partial charge in [0, 0.05) is 16.2 Å². The van der Waals surface area contributed by atoms with Crippen LogP contribution >= 0.6 is 0 Å². The second kappa shape index (κ2) is 7.22. The quantitative estimate of drug-likeness (QED) is 0.306. The van der Waals surface area contributed by atoms with Crippen molar-refractivity contribution in [2.75, 3.05) is 0 Å². The Kier molecular flexibility index (Phi) is 4.65. The van der Waals surface area contributed by atoms with Crippen molar-refractivity contribution in [3.8, 4) is 0 Å². The van der Waals surface area contributed by atoms with Gasteiger partial charge < -0.3 is 9.15 Å². The van der Waals surface area contributed by atoms with E-state index in [4.69, 9.17) is 9.15 Å². The zero-order valence-electron chi connectivity index (χ0n) is 18.7. The lowest BCUT2D eigenvalue weighted by atomic mass is 10.1. The molecule has 6 nitrogen and oxygen atoms in total. The monoisotopic (exact) mass is 461 g/mol. The number of aromatic nitrogens is 1. The van der Waals surface area contributed by atoms with Crippen molar-refractivity contribution in [1.29, 1.82) is 0 Å². The van der Waals surface area contributed by atoms with Gasteiger partial charge in [-0.2, -0.15) is 0 Å². The number of hydrogen-bond donors (Lipinski definition) is 0. The fraction of sp³-hybridized carbons (Fsp3) is 0.192. The Hall–Kier alpha value is -3.58. The van der Waals surface area contributed by atoms with Crippen LogP contribution in [0.3, 0.4) is 0 Å². The van der Waals surface area contributed by atoms with Crippen molar-refractivity contribution in [2.45, 2.75) is 38.2 Å². The molecule has 5 aromatic rings. The molecule has 33 heavy (non-hydrogen) atoms. The van der Waals surface area contributed by atoms with Crippen molar-refractivity contribution in [3.05, 3.63) is 78.1 Å². The highest BCUT2D eigenvalue weighted by molar-refractivity contribution is 7.90. The van der Waals surface area contributed by atoms with E-state index in [0.29, 0.717) is 22.0 Å². The number of nitrogens with zero attached hydrogens (tertiary/aromatic N) is 1. The van der Waals surface area contributed by atoms with Gasteiger partial charge in [-0.05, 0) is 64.1 Å². The van der Waals surface area contributed by atoms with Gasteiger partial charge >= 0.3 is 5.97 Å². The lowest BCUT2D eigenvalue weighted by molar-refractivity contribution is 0.00381. The third kappa shape index (κ3) is 3.58. The molecule has 0 unspecified atom stereocenters. The molecule has 5 rings (SSSR count). The summed E-state index contributed by atoms with van der Waals surface area (Å²) in [6, 6.07) is 19.2. The number of benzene rings is 3. The van der Waals surface area contributed by atoms with E-state index in [-0.39, 0.29) is 10.7 Å². The maximum atomic E-state index is 13.7. The lowest BCUT2D eigenvalue weighted by Gasteiger charge is -2.18. The van der Waals surface area contributed by atoms with Crippen LogP contribution in [0.25, 0.3) is 32.8 Å². The number of esters is 1. The summed E-state index contributed by atoms with van der Waals surface area (Å²) in [6.07, 6.45) is 0. The topological polar surface area (TPSA) is 78.5 Å². The van der Waals surface area contributed by atoms with Gasteiger partial charge in [0.15, 0.2) is 0 Å². The van der Waals surface area contributed by atoms with Gasteiger partial charge in [-0.3, -0.25) is 0 Å². The van der Waals surface area contributed by atoms with Crippen LogP contribution in [0.5, 0.6) is 0 Å². The van der Waals surface area contributed by atoms with Gasteiger partial charge in [0.1, 0.15) is 11.2 Å². The molecule has 0 aliphatic carbocycles. The molecule has 0 saturated heterocycles. The van der Waals surface area contributed by atoms with Gasteiger partial charge in [0.25, 0.3) is 10.0 Å². The minimum absolute atomic E-state index is 0.0739. The first-order valence-electron chi connectivity index (χ1n) is 10.6. The average Bonchev–Trinajstić information content (AvgIpc) is 3.30. The minimum atomic E-state index is -3.87. The number of carbonyl (C=O) groups excluding carboxylic acids is 1. The normalized spacial score (nSPS) is 12.6. The molecule has 0 radical (unpaired) electrons. The smallest absolute Gasteiger partial charge is 0.374 e. The molecule has 2 aromatic heterocycles. The molecule has 0 fully saturated rings. The van der Waals surface area contributed by atoms with Crippen LogP contribution in [-0.4, -0.2) is 24.0 Å². The van der Waals surface area contributed by atoms with Crippen molar-refractivity contribution in [1.82, 2.24) is 3.97 Å². The second-order valence-corrected chi connectivity index (χ2v) is 10.9. The standard InChI is InChI=1S/C26H23NO5S/c1-16-9-11-18(12-10-16)33(29,30)27-21-8-6-5-7-19(21)20-15-23-17(13-22(20)27)14-24(31-23)25(28)32-26(2,3)4/h5-15H,1-4H3. The van der Waals surface area contributed by atoms with Gasteiger partial charge in [-0.15, -0.1) is 0 Å². The summed E-state index contributed by atoms with van der Waals surface area (Å²) in [4.78, 5) is 12.7. The fourth-order valence-electron chi connectivity index (χ4n) is 3.97. The Morgan fingerprint density at radius 2 is 1.61 bits per heavy atom. The Bertz CT molecular complexity index is 1650. The van der Waals surface area contributed by atoms with E-state index < -0.39 is 21.6 Å². The van der Waals surface area contributed by atoms with Crippen molar-refractivity contribution >= 4 is 48.8 Å². The van der Waals surface area contributed by atoms with Crippen LogP contribution in [-0.2, 0) is 14.8 Å². The first-order chi connectivity index (χ1) is 15.5. The average molecular weight is 462 g/mol. The molecule has 0 aliphatic heterocycles. The highest BCUT2D eigenvalue weighted by atomic mass is 32.2. The predicted octanol–water partition coefficient (Wildman–Crippen LogP) is 6.04. The zero-order valence-corrected chi connectivity index (χ0v) is 19.6. The summed E-state index contributed by atoms with van der Waals surface area (Å²) in [5, 5.41) is 2.12. The maximum absolute atomic E-state index is 13.7. The maximum Gasteiger partial charge on any atom is 0.374 e. The summed E-state index contributed by atoms with van der Waals surface area (Å²) in [7, 11) is -3.87. The molecular weight excluding hydrogens is 438 g/mol. The lowest BCUT2D eigenvalue weighted by Crippen LogP contribution is -2.23. The molecule has 2 heterocycles. The van der Waals surface area contributed by atoms with Crippen molar-refractivity contribution in [3.63, 3.8) is 0 Å². The Morgan fingerprint density at radius 3 is 2.30 bits per heavy atom. The van der Waals surface area contributed by atoms with Gasteiger partial charge in [0.05, 0.1) is 15.9 Å². The summed E-state index contributed by atoms with van der Waals surface area (Å²) >= 11 is 0. The molecule has 7 heteroatoms. The molecule has 3 aromatic carbocycles. The molecule has 0 amide bonds. The number of para-hydroxylation sites is 1. The molecule has 0 atom stereocenters. The Balaban J connectivity index is 1.77. The van der Waals surface area contributed by atoms with E-state index in [1.54, 1.807) is 69.3 Å². The number of aryl methyl sites for hydroxylation is 1. The second-order valence-electron chi connectivity index (χ2n) is 9.12. The molecular formula is C26H23NO5S. The first-order valence-corrected chi connectivity index (χ1v) is 12.0. The number of furan rings is 1. The highest BCUT2D eigenvalue weighted by Crippen LogP contribution is 2.36. The number of fused-ring (bicyclic) bond motifs is 4. The summed E-state index contributed by atoms with van der Waals surface area (Å²) in [5.74, 6) is -0.492. The minimum Gasteiger partial charge on any atom is -0.454 e. The number of ether oxygens (including phenoxy) is 1. The van der Waals surface area contributed by atoms with Crippen molar-refractivity contribution < 1.29 is 22.4 Å². The fourth-order valence-corrected chi connectivity index (χ4v) is 5.49. The molecule has 0 aliphatic rings. The first kappa shape index (κ1) is 21.3. The highest BCUT2D eigenvalue weighted by Gasteiger charge is 2.25. The molecule has 0 spiro atoms. The van der Waals surface area contributed by atoms with E-state index in [9.17, 15) is 13.2 Å². The van der Waals surface area contributed by atoms with E-state index in [1.165, 1.54) is 3.97 Å². The summed E-state index contributed by atoms with van der Waals surface area (Å²) < 4.78 is 40.0. The zero-order chi connectivity index (χ0) is 23.5. The van der Waals surface area contributed by atoms with E-state index in [2.05, 4.69) is 0 Å². The van der Waals surface area contributed by atoms with Crippen LogP contribution < -0.4 is 0 Å². The molecule has 168 valence electrons. The van der Waals surface area contributed by atoms with Crippen LogP contribution in [0, 0.1) is 6.92 Å². The van der Waals surface area contributed by atoms with Crippen LogP contribution in [0.4, 0.5) is 0 Å². The summed E-state index contributed by atoms with van der Waals surface area (Å²) in [6.45, 7) is 7.27. The SMILES string of the molecule is Cc1ccc(S(=O)(=O)n2c3ccccc3c3cc4oc(C(=O)OC(C)(C)C)cc4cc32)cc1. The Morgan fingerprint density at radius 1 is 0.909 bits per heavy atom. The van der Waals surface area contributed by atoms with E-state index >= 15 is 0 Å². The van der Waals surface area contributed by atoms with E-state index in [1.807, 2.05) is 25.1 Å². The molecule has 0 bridgehead atoms. The summed E-state index contributed by atoms with van der Waals surface area (Å²) in [5.41, 5.74) is 1.90. The number of rotatable bonds is 3. The van der Waals surface area contributed by atoms with Gasteiger partial charge in [0.2, 0.25) is 5.76 Å². The van der Waals surface area contributed by atoms with Crippen LogP contribution in [0.2, 0.25) is 0 Å². The van der Waals surface area contributed by atoms with Gasteiger partial charge in [-0.25, -0.2) is 17.2 Å². The van der Waals surface area contributed by atoms with Crippen molar-refractivity contribution in [2.24, 2.45) is 0 Å². The number of hydrogen-bond acceptors (Lipinski definition) is 5.